The number of nitrogens with one attached hydrogen (secondary N) is 1. The second-order valence-electron chi connectivity index (χ2n) is 5.90. The number of amides is 1. The Hall–Kier alpha value is -1.05. The van der Waals surface area contributed by atoms with Gasteiger partial charge in [-0.25, -0.2) is 0 Å². The number of nitrogens with zero attached hydrogens (tertiary/aromatic N) is 2. The number of carbonyl (C=O) groups excluding carboxylic acids is 1. The van der Waals surface area contributed by atoms with Crippen molar-refractivity contribution in [1.82, 2.24) is 15.1 Å². The van der Waals surface area contributed by atoms with E-state index in [4.69, 9.17) is 0 Å². The van der Waals surface area contributed by atoms with E-state index in [0.717, 1.165) is 39.1 Å². The Labute approximate surface area is 111 Å². The van der Waals surface area contributed by atoms with E-state index in [-0.39, 0.29) is 11.4 Å². The van der Waals surface area contributed by atoms with Crippen LogP contribution in [0.25, 0.3) is 0 Å². The summed E-state index contributed by atoms with van der Waals surface area (Å²) in [5, 5.41) is 2.83. The van der Waals surface area contributed by atoms with E-state index in [0.29, 0.717) is 0 Å². The number of hydrogen-bond acceptors (Lipinski definition) is 3. The van der Waals surface area contributed by atoms with Gasteiger partial charge >= 0.3 is 0 Å². The molecule has 0 atom stereocenters. The average molecular weight is 251 g/mol. The van der Waals surface area contributed by atoms with Crippen LogP contribution in [0, 0.1) is 11.8 Å². The lowest BCUT2D eigenvalue weighted by molar-refractivity contribution is -0.117. The zero-order valence-corrected chi connectivity index (χ0v) is 12.0. The summed E-state index contributed by atoms with van der Waals surface area (Å²) in [6.07, 6.45) is 0.765. The molecule has 0 bridgehead atoms. The summed E-state index contributed by atoms with van der Waals surface area (Å²) in [5.41, 5.74) is -0.205. The number of likely N-dealkylation sites (N-methyl/N-ethyl adjacent to an activating group) is 1. The van der Waals surface area contributed by atoms with Crippen LogP contribution >= 0.6 is 0 Å². The highest BCUT2D eigenvalue weighted by Crippen LogP contribution is 1.99. The number of piperazine rings is 1. The highest BCUT2D eigenvalue weighted by molar-refractivity contribution is 5.93. The molecule has 0 radical (unpaired) electrons. The minimum Gasteiger partial charge on any atom is -0.341 e. The molecule has 1 rings (SSSR count). The number of rotatable bonds is 2. The Morgan fingerprint density at radius 2 is 1.83 bits per heavy atom. The van der Waals surface area contributed by atoms with Gasteiger partial charge in [-0.15, -0.1) is 0 Å². The molecule has 1 fully saturated rings. The third-order valence-corrected chi connectivity index (χ3v) is 2.84. The van der Waals surface area contributed by atoms with Crippen LogP contribution in [0.3, 0.4) is 0 Å². The standard InChI is InChI=1S/C14H25N3O/c1-14(2,3)15-13(18)7-5-6-8-17-11-9-16(4)10-12-17/h6,8-12H2,1-4H3,(H,15,18). The molecule has 1 saturated heterocycles. The molecule has 0 aromatic carbocycles. The van der Waals surface area contributed by atoms with Crippen molar-refractivity contribution >= 4 is 5.91 Å². The average Bonchev–Trinajstić information content (AvgIpc) is 2.24. The third-order valence-electron chi connectivity index (χ3n) is 2.84. The quantitative estimate of drug-likeness (QED) is 0.728. The number of carbonyl (C=O) groups is 1. The molecule has 1 heterocycles. The van der Waals surface area contributed by atoms with E-state index < -0.39 is 0 Å². The van der Waals surface area contributed by atoms with Crippen molar-refractivity contribution in [2.45, 2.75) is 32.7 Å². The summed E-state index contributed by atoms with van der Waals surface area (Å²) in [4.78, 5) is 16.2. The van der Waals surface area contributed by atoms with Crippen LogP contribution in [0.4, 0.5) is 0 Å². The molecule has 4 nitrogen and oxygen atoms in total. The van der Waals surface area contributed by atoms with E-state index in [1.165, 1.54) is 0 Å². The van der Waals surface area contributed by atoms with Gasteiger partial charge in [-0.2, -0.15) is 0 Å². The molecule has 0 aromatic heterocycles. The maximum Gasteiger partial charge on any atom is 0.296 e. The lowest BCUT2D eigenvalue weighted by Gasteiger charge is -2.31. The maximum atomic E-state index is 11.4. The molecule has 102 valence electrons. The van der Waals surface area contributed by atoms with Crippen molar-refractivity contribution in [2.24, 2.45) is 0 Å². The molecule has 1 aliphatic heterocycles. The summed E-state index contributed by atoms with van der Waals surface area (Å²) >= 11 is 0. The van der Waals surface area contributed by atoms with E-state index in [1.807, 2.05) is 20.8 Å². The molecule has 4 heteroatoms. The van der Waals surface area contributed by atoms with Gasteiger partial charge in [0.1, 0.15) is 0 Å². The van der Waals surface area contributed by atoms with Crippen LogP contribution in [0.15, 0.2) is 0 Å². The molecule has 0 unspecified atom stereocenters. The predicted octanol–water partition coefficient (Wildman–Crippen LogP) is 0.542. The van der Waals surface area contributed by atoms with Crippen LogP contribution < -0.4 is 5.32 Å². The van der Waals surface area contributed by atoms with Gasteiger partial charge in [0.05, 0.1) is 0 Å². The van der Waals surface area contributed by atoms with Gasteiger partial charge in [0, 0.05) is 44.7 Å². The fraction of sp³-hybridized carbons (Fsp3) is 0.786. The summed E-state index contributed by atoms with van der Waals surface area (Å²) in [6, 6.07) is 0. The molecule has 1 N–H and O–H groups in total. The Kier molecular flexibility index (Phi) is 5.64. The fourth-order valence-corrected chi connectivity index (χ4v) is 1.80. The van der Waals surface area contributed by atoms with Gasteiger partial charge in [0.15, 0.2) is 0 Å². The lowest BCUT2D eigenvalue weighted by atomic mass is 10.1. The Balaban J connectivity index is 2.20. The molecule has 1 amide bonds. The smallest absolute Gasteiger partial charge is 0.296 e. The highest BCUT2D eigenvalue weighted by atomic mass is 16.1. The van der Waals surface area contributed by atoms with E-state index >= 15 is 0 Å². The van der Waals surface area contributed by atoms with Crippen LogP contribution in [0.2, 0.25) is 0 Å². The van der Waals surface area contributed by atoms with Crippen LogP contribution in [0.1, 0.15) is 27.2 Å². The molecule has 0 saturated carbocycles. The first kappa shape index (κ1) is 15.0. The second-order valence-corrected chi connectivity index (χ2v) is 5.90. The van der Waals surface area contributed by atoms with Crippen LogP contribution in [-0.2, 0) is 4.79 Å². The fourth-order valence-electron chi connectivity index (χ4n) is 1.80. The van der Waals surface area contributed by atoms with Crippen molar-refractivity contribution < 1.29 is 4.79 Å². The topological polar surface area (TPSA) is 35.6 Å². The maximum absolute atomic E-state index is 11.4. The van der Waals surface area contributed by atoms with Crippen LogP contribution in [0.5, 0.6) is 0 Å². The highest BCUT2D eigenvalue weighted by Gasteiger charge is 2.13. The first-order valence-electron chi connectivity index (χ1n) is 6.59. The largest absolute Gasteiger partial charge is 0.341 e. The Morgan fingerprint density at radius 1 is 1.22 bits per heavy atom. The monoisotopic (exact) mass is 251 g/mol. The number of hydrogen-bond donors (Lipinski definition) is 1. The zero-order valence-electron chi connectivity index (χ0n) is 12.0. The summed E-state index contributed by atoms with van der Waals surface area (Å²) in [6.45, 7) is 11.3. The molecular formula is C14H25N3O. The van der Waals surface area contributed by atoms with Gasteiger partial charge in [0.25, 0.3) is 5.91 Å². The zero-order chi connectivity index (χ0) is 13.6. The lowest BCUT2D eigenvalue weighted by Crippen LogP contribution is -2.44. The predicted molar refractivity (Wildman–Crippen MR) is 74.2 cm³/mol. The van der Waals surface area contributed by atoms with Gasteiger partial charge < -0.3 is 10.2 Å². The van der Waals surface area contributed by atoms with Gasteiger partial charge in [0.2, 0.25) is 0 Å². The van der Waals surface area contributed by atoms with Gasteiger partial charge in [-0.05, 0) is 33.7 Å². The molecule has 18 heavy (non-hydrogen) atoms. The van der Waals surface area contributed by atoms with E-state index in [2.05, 4.69) is 34.0 Å². The van der Waals surface area contributed by atoms with Gasteiger partial charge in [-0.3, -0.25) is 9.69 Å². The minimum atomic E-state index is -0.205. The van der Waals surface area contributed by atoms with Crippen molar-refractivity contribution in [2.75, 3.05) is 39.8 Å². The van der Waals surface area contributed by atoms with Crippen LogP contribution in [-0.4, -0.2) is 61.0 Å². The molecule has 0 aromatic rings. The summed E-state index contributed by atoms with van der Waals surface area (Å²) < 4.78 is 0. The molecule has 0 aliphatic carbocycles. The van der Waals surface area contributed by atoms with Crippen molar-refractivity contribution in [1.29, 1.82) is 0 Å². The third kappa shape index (κ3) is 6.63. The summed E-state index contributed by atoms with van der Waals surface area (Å²) in [7, 11) is 2.15. The Morgan fingerprint density at radius 3 is 2.39 bits per heavy atom. The first-order chi connectivity index (χ1) is 8.37. The molecular weight excluding hydrogens is 226 g/mol. The SMILES string of the molecule is CN1CCN(CCC#CC(=O)NC(C)(C)C)CC1. The Bertz CT molecular complexity index is 327. The second kappa shape index (κ2) is 6.77. The van der Waals surface area contributed by atoms with Crippen molar-refractivity contribution in [3.8, 4) is 11.8 Å². The van der Waals surface area contributed by atoms with E-state index in [9.17, 15) is 4.79 Å². The van der Waals surface area contributed by atoms with E-state index in [1.54, 1.807) is 0 Å². The summed E-state index contributed by atoms with van der Waals surface area (Å²) in [5.74, 6) is 5.42. The van der Waals surface area contributed by atoms with Gasteiger partial charge in [-0.1, -0.05) is 5.92 Å². The normalized spacial score (nSPS) is 18.0. The first-order valence-corrected chi connectivity index (χ1v) is 6.59. The molecule has 1 aliphatic rings. The van der Waals surface area contributed by atoms with Crippen molar-refractivity contribution in [3.63, 3.8) is 0 Å². The van der Waals surface area contributed by atoms with Crippen molar-refractivity contribution in [3.05, 3.63) is 0 Å². The minimum absolute atomic E-state index is 0.180. The molecule has 0 spiro atoms.